The van der Waals surface area contributed by atoms with E-state index in [-0.39, 0.29) is 10.7 Å². The molecule has 0 unspecified atom stereocenters. The number of halogens is 1. The lowest BCUT2D eigenvalue weighted by Gasteiger charge is -2.13. The molecule has 0 saturated heterocycles. The highest BCUT2D eigenvalue weighted by atomic mass is 32.1. The van der Waals surface area contributed by atoms with Crippen LogP contribution in [0.2, 0.25) is 0 Å². The van der Waals surface area contributed by atoms with Crippen molar-refractivity contribution in [2.24, 2.45) is 0 Å². The topological polar surface area (TPSA) is 103 Å². The van der Waals surface area contributed by atoms with Gasteiger partial charge in [-0.25, -0.2) is 14.2 Å². The van der Waals surface area contributed by atoms with Crippen molar-refractivity contribution in [3.63, 3.8) is 0 Å². The Balaban J connectivity index is 1.79. The maximum absolute atomic E-state index is 13.4. The summed E-state index contributed by atoms with van der Waals surface area (Å²) in [6, 6.07) is 9.49. The van der Waals surface area contributed by atoms with Crippen LogP contribution in [0.25, 0.3) is 16.3 Å². The molecule has 0 spiro atoms. The quantitative estimate of drug-likeness (QED) is 0.529. The first-order valence-corrected chi connectivity index (χ1v) is 9.26. The van der Waals surface area contributed by atoms with E-state index >= 15 is 0 Å². The van der Waals surface area contributed by atoms with Crippen LogP contribution in [0.15, 0.2) is 42.7 Å². The standard InChI is InChI=1S/C19H14FN5O3S/c1-10-7-13(20)4-6-15(10)28-16-5-3-12(8-14(16)25-9-21-23-24-25)18-22-11(2)17(29-18)19(26)27/h3-9H,1-2H3,(H,26,27). The summed E-state index contributed by atoms with van der Waals surface area (Å²) in [4.78, 5) is 15.9. The van der Waals surface area contributed by atoms with E-state index in [1.807, 2.05) is 0 Å². The molecule has 0 atom stereocenters. The smallest absolute Gasteiger partial charge is 0.347 e. The molecule has 1 N–H and O–H groups in total. The van der Waals surface area contributed by atoms with Gasteiger partial charge in [-0.1, -0.05) is 0 Å². The largest absolute Gasteiger partial charge is 0.477 e. The summed E-state index contributed by atoms with van der Waals surface area (Å²) in [5, 5.41) is 21.1. The van der Waals surface area contributed by atoms with Crippen molar-refractivity contribution in [2.75, 3.05) is 0 Å². The second-order valence-electron chi connectivity index (χ2n) is 6.19. The van der Waals surface area contributed by atoms with E-state index < -0.39 is 5.97 Å². The Morgan fingerprint density at radius 1 is 1.17 bits per heavy atom. The van der Waals surface area contributed by atoms with Crippen molar-refractivity contribution in [2.45, 2.75) is 13.8 Å². The maximum atomic E-state index is 13.4. The van der Waals surface area contributed by atoms with Crippen molar-refractivity contribution in [3.05, 3.63) is 64.7 Å². The predicted octanol–water partition coefficient (Wildman–Crippen LogP) is 4.03. The fraction of sp³-hybridized carbons (Fsp3) is 0.105. The third-order valence-electron chi connectivity index (χ3n) is 4.15. The molecule has 0 fully saturated rings. The van der Waals surface area contributed by atoms with Gasteiger partial charge in [-0.3, -0.25) is 0 Å². The van der Waals surface area contributed by atoms with E-state index in [4.69, 9.17) is 4.74 Å². The van der Waals surface area contributed by atoms with Crippen molar-refractivity contribution < 1.29 is 19.0 Å². The minimum absolute atomic E-state index is 0.186. The molecule has 0 aliphatic rings. The Labute approximate surface area is 168 Å². The Hall–Kier alpha value is -3.66. The van der Waals surface area contributed by atoms with Gasteiger partial charge in [0.15, 0.2) is 5.75 Å². The number of tetrazole rings is 1. The van der Waals surface area contributed by atoms with Gasteiger partial charge in [0.05, 0.1) is 5.69 Å². The van der Waals surface area contributed by atoms with Gasteiger partial charge in [0.1, 0.15) is 33.5 Å². The predicted molar refractivity (Wildman–Crippen MR) is 103 cm³/mol. The summed E-state index contributed by atoms with van der Waals surface area (Å²) < 4.78 is 20.8. The third-order valence-corrected chi connectivity index (χ3v) is 5.34. The number of carboxylic acids is 1. The summed E-state index contributed by atoms with van der Waals surface area (Å²) in [6.07, 6.45) is 1.42. The molecule has 0 amide bonds. The average Bonchev–Trinajstić information content (AvgIpc) is 3.34. The molecule has 0 saturated carbocycles. The number of rotatable bonds is 5. The van der Waals surface area contributed by atoms with E-state index in [0.717, 1.165) is 11.3 Å². The maximum Gasteiger partial charge on any atom is 0.347 e. The van der Waals surface area contributed by atoms with E-state index in [1.165, 1.54) is 23.1 Å². The average molecular weight is 411 g/mol. The van der Waals surface area contributed by atoms with E-state index in [0.29, 0.717) is 39.0 Å². The van der Waals surface area contributed by atoms with Gasteiger partial charge in [-0.2, -0.15) is 4.68 Å². The number of aromatic nitrogens is 5. The normalized spacial score (nSPS) is 10.9. The van der Waals surface area contributed by atoms with Crippen LogP contribution in [0.3, 0.4) is 0 Å². The van der Waals surface area contributed by atoms with Crippen LogP contribution in [0.1, 0.15) is 20.9 Å². The van der Waals surface area contributed by atoms with Crippen molar-refractivity contribution in [1.29, 1.82) is 0 Å². The van der Waals surface area contributed by atoms with E-state index in [9.17, 15) is 14.3 Å². The summed E-state index contributed by atoms with van der Waals surface area (Å²) in [5.41, 5.74) is 2.31. The Morgan fingerprint density at radius 3 is 2.62 bits per heavy atom. The lowest BCUT2D eigenvalue weighted by molar-refractivity contribution is 0.0701. The number of aryl methyl sites for hydroxylation is 2. The Kier molecular flexibility index (Phi) is 4.77. The number of hydrogen-bond acceptors (Lipinski definition) is 7. The van der Waals surface area contributed by atoms with E-state index in [1.54, 1.807) is 38.1 Å². The van der Waals surface area contributed by atoms with Gasteiger partial charge in [0, 0.05) is 5.56 Å². The highest BCUT2D eigenvalue weighted by Crippen LogP contribution is 2.35. The second kappa shape index (κ2) is 7.40. The van der Waals surface area contributed by atoms with Gasteiger partial charge in [-0.15, -0.1) is 16.4 Å². The summed E-state index contributed by atoms with van der Waals surface area (Å²) in [6.45, 7) is 3.40. The van der Waals surface area contributed by atoms with Crippen LogP contribution < -0.4 is 4.74 Å². The summed E-state index contributed by atoms with van der Waals surface area (Å²) in [5.74, 6) is -0.424. The molecule has 4 aromatic rings. The fourth-order valence-electron chi connectivity index (χ4n) is 2.75. The van der Waals surface area contributed by atoms with Gasteiger partial charge in [0.25, 0.3) is 0 Å². The molecule has 0 radical (unpaired) electrons. The zero-order valence-corrected chi connectivity index (χ0v) is 16.1. The van der Waals surface area contributed by atoms with Crippen LogP contribution in [0.5, 0.6) is 11.5 Å². The molecule has 8 nitrogen and oxygen atoms in total. The first kappa shape index (κ1) is 18.7. The zero-order valence-electron chi connectivity index (χ0n) is 15.3. The highest BCUT2D eigenvalue weighted by molar-refractivity contribution is 7.17. The number of carbonyl (C=O) groups is 1. The number of aromatic carboxylic acids is 1. The number of thiazole rings is 1. The lowest BCUT2D eigenvalue weighted by Crippen LogP contribution is -2.00. The third kappa shape index (κ3) is 3.69. The van der Waals surface area contributed by atoms with Crippen LogP contribution in [-0.4, -0.2) is 36.3 Å². The van der Waals surface area contributed by atoms with Crippen LogP contribution in [0, 0.1) is 19.7 Å². The van der Waals surface area contributed by atoms with Crippen LogP contribution in [0.4, 0.5) is 4.39 Å². The van der Waals surface area contributed by atoms with Gasteiger partial charge < -0.3 is 9.84 Å². The summed E-state index contributed by atoms with van der Waals surface area (Å²) >= 11 is 1.09. The Morgan fingerprint density at radius 2 is 1.97 bits per heavy atom. The lowest BCUT2D eigenvalue weighted by atomic mass is 10.2. The SMILES string of the molecule is Cc1cc(F)ccc1Oc1ccc(-c2nc(C)c(C(=O)O)s2)cc1-n1cnnn1. The minimum Gasteiger partial charge on any atom is -0.477 e. The molecule has 2 heterocycles. The molecule has 29 heavy (non-hydrogen) atoms. The number of benzene rings is 2. The Bertz CT molecular complexity index is 1210. The molecule has 2 aromatic heterocycles. The number of nitrogens with zero attached hydrogens (tertiary/aromatic N) is 5. The molecule has 0 bridgehead atoms. The van der Waals surface area contributed by atoms with E-state index in [2.05, 4.69) is 20.5 Å². The molecular weight excluding hydrogens is 397 g/mol. The second-order valence-corrected chi connectivity index (χ2v) is 7.19. The van der Waals surface area contributed by atoms with Crippen molar-refractivity contribution in [3.8, 4) is 27.8 Å². The monoisotopic (exact) mass is 411 g/mol. The first-order chi connectivity index (χ1) is 13.9. The van der Waals surface area contributed by atoms with Gasteiger partial charge in [0.2, 0.25) is 0 Å². The number of hydrogen-bond donors (Lipinski definition) is 1. The minimum atomic E-state index is -1.02. The first-order valence-electron chi connectivity index (χ1n) is 8.45. The van der Waals surface area contributed by atoms with Crippen molar-refractivity contribution in [1.82, 2.24) is 25.2 Å². The number of ether oxygens (including phenoxy) is 1. The molecule has 4 rings (SSSR count). The highest BCUT2D eigenvalue weighted by Gasteiger charge is 2.18. The molecule has 0 aliphatic carbocycles. The molecular formula is C19H14FN5O3S. The molecule has 10 heteroatoms. The van der Waals surface area contributed by atoms with Gasteiger partial charge in [-0.05, 0) is 66.2 Å². The van der Waals surface area contributed by atoms with Crippen LogP contribution >= 0.6 is 11.3 Å². The fourth-order valence-corrected chi connectivity index (χ4v) is 3.65. The van der Waals surface area contributed by atoms with Crippen LogP contribution in [-0.2, 0) is 0 Å². The van der Waals surface area contributed by atoms with Gasteiger partial charge >= 0.3 is 5.97 Å². The summed E-state index contributed by atoms with van der Waals surface area (Å²) in [7, 11) is 0. The van der Waals surface area contributed by atoms with Crippen molar-refractivity contribution >= 4 is 17.3 Å². The molecule has 2 aromatic carbocycles. The molecule has 0 aliphatic heterocycles. The number of carboxylic acid groups (broad SMARTS) is 1. The zero-order chi connectivity index (χ0) is 20.5. The molecule has 146 valence electrons.